The van der Waals surface area contributed by atoms with Crippen LogP contribution in [0.2, 0.25) is 0 Å². The third-order valence-corrected chi connectivity index (χ3v) is 0. The van der Waals surface area contributed by atoms with E-state index in [4.69, 9.17) is 0 Å². The standard InChI is InChI=1S/H4N2.H2O.Sn/c1-2;;/h1-2H2;1H2;. The van der Waals surface area contributed by atoms with Crippen molar-refractivity contribution in [3.8, 4) is 0 Å². The van der Waals surface area contributed by atoms with Crippen LogP contribution in [0, 0.1) is 0 Å². The zero-order valence-electron chi connectivity index (χ0n) is 2.15. The van der Waals surface area contributed by atoms with Crippen LogP contribution in [0.1, 0.15) is 0 Å². The fourth-order valence-electron chi connectivity index (χ4n) is 0. The molecule has 0 aliphatic rings. The van der Waals surface area contributed by atoms with Crippen molar-refractivity contribution in [2.45, 2.75) is 0 Å². The Morgan fingerprint density at radius 2 is 1.00 bits per heavy atom. The molecule has 0 saturated heterocycles. The molecule has 0 rings (SSSR count). The van der Waals surface area contributed by atoms with Crippen LogP contribution >= 0.6 is 0 Å². The average Bonchev–Trinajstić information content (AvgIpc) is 1.00. The summed E-state index contributed by atoms with van der Waals surface area (Å²) in [6.45, 7) is 0. The van der Waals surface area contributed by atoms with Gasteiger partial charge in [-0.2, -0.15) is 0 Å². The van der Waals surface area contributed by atoms with Crippen molar-refractivity contribution >= 4 is 23.9 Å². The van der Waals surface area contributed by atoms with Gasteiger partial charge in [0.05, 0.1) is 0 Å². The SMILES string of the molecule is NN.O.[Sn]. The fourth-order valence-corrected chi connectivity index (χ4v) is 0. The minimum Gasteiger partial charge on any atom is -0.412 e. The number of hydrogen-bond acceptors (Lipinski definition) is 2. The Kier molecular flexibility index (Phi) is 322. The zero-order valence-corrected chi connectivity index (χ0v) is 5.01. The van der Waals surface area contributed by atoms with Gasteiger partial charge in [0.25, 0.3) is 0 Å². The van der Waals surface area contributed by atoms with E-state index in [0.29, 0.717) is 0 Å². The van der Waals surface area contributed by atoms with Crippen molar-refractivity contribution < 1.29 is 5.48 Å². The largest absolute Gasteiger partial charge is 0.412 e. The summed E-state index contributed by atoms with van der Waals surface area (Å²) in [5.74, 6) is 8.00. The summed E-state index contributed by atoms with van der Waals surface area (Å²) in [6.07, 6.45) is 0. The van der Waals surface area contributed by atoms with Crippen molar-refractivity contribution in [1.29, 1.82) is 0 Å². The molecular formula is H6N2OSn. The second-order valence-electron chi connectivity index (χ2n) is 0. The van der Waals surface area contributed by atoms with Crippen molar-refractivity contribution in [2.24, 2.45) is 11.7 Å². The van der Waals surface area contributed by atoms with Gasteiger partial charge < -0.3 is 5.48 Å². The normalized spacial score (nSPS) is 1.50. The van der Waals surface area contributed by atoms with E-state index in [1.54, 1.807) is 0 Å². The van der Waals surface area contributed by atoms with E-state index in [9.17, 15) is 0 Å². The Morgan fingerprint density at radius 3 is 1.00 bits per heavy atom. The van der Waals surface area contributed by atoms with Crippen LogP contribution < -0.4 is 11.7 Å². The fraction of sp³-hybridized carbons (Fsp3) is 0. The van der Waals surface area contributed by atoms with Gasteiger partial charge in [0.2, 0.25) is 0 Å². The molecule has 3 nitrogen and oxygen atoms in total. The van der Waals surface area contributed by atoms with Crippen LogP contribution in [0.15, 0.2) is 0 Å². The number of rotatable bonds is 0. The molecule has 0 amide bonds. The van der Waals surface area contributed by atoms with Crippen LogP contribution in [-0.2, 0) is 0 Å². The third-order valence-electron chi connectivity index (χ3n) is 0. The van der Waals surface area contributed by atoms with Crippen LogP contribution in [0.5, 0.6) is 0 Å². The topological polar surface area (TPSA) is 83.5 Å². The second kappa shape index (κ2) is 57.3. The van der Waals surface area contributed by atoms with E-state index in [-0.39, 0.29) is 29.4 Å². The molecule has 0 aliphatic heterocycles. The van der Waals surface area contributed by atoms with E-state index < -0.39 is 0 Å². The molecule has 0 spiro atoms. The van der Waals surface area contributed by atoms with Gasteiger partial charge in [-0.3, -0.25) is 11.7 Å². The van der Waals surface area contributed by atoms with Gasteiger partial charge in [0.1, 0.15) is 0 Å². The van der Waals surface area contributed by atoms with Gasteiger partial charge in [-0.1, -0.05) is 0 Å². The molecular weight excluding hydrogens is 163 g/mol. The summed E-state index contributed by atoms with van der Waals surface area (Å²) >= 11 is 0. The summed E-state index contributed by atoms with van der Waals surface area (Å²) < 4.78 is 0. The Labute approximate surface area is 41.6 Å². The van der Waals surface area contributed by atoms with E-state index in [2.05, 4.69) is 11.7 Å². The van der Waals surface area contributed by atoms with Crippen molar-refractivity contribution in [2.75, 3.05) is 0 Å². The zero-order chi connectivity index (χ0) is 2.00. The molecule has 0 bridgehead atoms. The Balaban J connectivity index is -0.00000000500. The molecule has 0 aliphatic carbocycles. The first-order valence-corrected chi connectivity index (χ1v) is 0.333. The Morgan fingerprint density at radius 1 is 1.00 bits per heavy atom. The molecule has 0 unspecified atom stereocenters. The van der Waals surface area contributed by atoms with E-state index in [1.807, 2.05) is 0 Å². The molecule has 4 radical (unpaired) electrons. The molecule has 0 heterocycles. The van der Waals surface area contributed by atoms with Gasteiger partial charge >= 0.3 is 0 Å². The summed E-state index contributed by atoms with van der Waals surface area (Å²) in [5.41, 5.74) is 0. The first-order valence-electron chi connectivity index (χ1n) is 0.333. The number of nitrogens with two attached hydrogens (primary N) is 2. The van der Waals surface area contributed by atoms with Gasteiger partial charge in [-0.25, -0.2) is 0 Å². The van der Waals surface area contributed by atoms with E-state index in [0.717, 1.165) is 0 Å². The Bertz CT molecular complexity index is 6.00. The smallest absolute Gasteiger partial charge is 0 e. The quantitative estimate of drug-likeness (QED) is 0.241. The van der Waals surface area contributed by atoms with Crippen molar-refractivity contribution in [1.82, 2.24) is 0 Å². The summed E-state index contributed by atoms with van der Waals surface area (Å²) in [4.78, 5) is 0. The minimum atomic E-state index is 0. The monoisotopic (exact) mass is 170 g/mol. The van der Waals surface area contributed by atoms with Crippen LogP contribution in [0.4, 0.5) is 0 Å². The summed E-state index contributed by atoms with van der Waals surface area (Å²) in [7, 11) is 0. The maximum atomic E-state index is 4.00. The molecule has 0 aromatic heterocycles. The second-order valence-corrected chi connectivity index (χ2v) is 0. The number of hydrazine groups is 1. The molecule has 6 N–H and O–H groups in total. The summed E-state index contributed by atoms with van der Waals surface area (Å²) in [6, 6.07) is 0. The predicted molar refractivity (Wildman–Crippen MR) is 17.7 cm³/mol. The minimum absolute atomic E-state index is 0. The van der Waals surface area contributed by atoms with Crippen LogP contribution in [-0.4, -0.2) is 29.4 Å². The predicted octanol–water partition coefficient (Wildman–Crippen LogP) is -2.39. The number of hydrogen-bond donors (Lipinski definition) is 2. The molecule has 0 aromatic carbocycles. The Hall–Kier alpha value is 0.679. The van der Waals surface area contributed by atoms with Gasteiger partial charge in [-0.05, 0) is 0 Å². The maximum absolute atomic E-state index is 4.00. The first kappa shape index (κ1) is 22.5. The molecule has 4 heteroatoms. The molecule has 0 saturated carbocycles. The van der Waals surface area contributed by atoms with E-state index in [1.165, 1.54) is 0 Å². The van der Waals surface area contributed by atoms with Crippen LogP contribution in [0.25, 0.3) is 0 Å². The molecule has 0 atom stereocenters. The first-order chi connectivity index (χ1) is 1.00. The molecule has 0 aromatic rings. The van der Waals surface area contributed by atoms with Gasteiger partial charge in [0, 0.05) is 23.9 Å². The molecule has 26 valence electrons. The van der Waals surface area contributed by atoms with Gasteiger partial charge in [-0.15, -0.1) is 0 Å². The molecule has 4 heavy (non-hydrogen) atoms. The van der Waals surface area contributed by atoms with Crippen LogP contribution in [0.3, 0.4) is 0 Å². The van der Waals surface area contributed by atoms with E-state index >= 15 is 0 Å². The molecule has 0 fully saturated rings. The maximum Gasteiger partial charge on any atom is 0 e. The third kappa shape index (κ3) is 16.4. The van der Waals surface area contributed by atoms with Gasteiger partial charge in [0.15, 0.2) is 0 Å². The summed E-state index contributed by atoms with van der Waals surface area (Å²) in [5, 5.41) is 0. The average molecular weight is 169 g/mol. The van der Waals surface area contributed by atoms with Crippen molar-refractivity contribution in [3.05, 3.63) is 0 Å². The van der Waals surface area contributed by atoms with Crippen molar-refractivity contribution in [3.63, 3.8) is 0 Å².